The van der Waals surface area contributed by atoms with E-state index in [2.05, 4.69) is 10.6 Å². The minimum Gasteiger partial charge on any atom is -0.482 e. The quantitative estimate of drug-likeness (QED) is 0.740. The van der Waals surface area contributed by atoms with Crippen LogP contribution in [0.3, 0.4) is 0 Å². The summed E-state index contributed by atoms with van der Waals surface area (Å²) < 4.78 is 5.34. The minimum absolute atomic E-state index is 0.0507. The number of hydrogen-bond donors (Lipinski definition) is 3. The SMILES string of the molecule is Nc1cc2c(cc1NCC1CSCCS1)NC(=O)CO2. The first-order chi connectivity index (χ1) is 9.72. The molecule has 5 nitrogen and oxygen atoms in total. The van der Waals surface area contributed by atoms with Crippen LogP contribution in [0.25, 0.3) is 0 Å². The Morgan fingerprint density at radius 1 is 1.45 bits per heavy atom. The molecule has 0 saturated carbocycles. The lowest BCUT2D eigenvalue weighted by molar-refractivity contribution is -0.118. The van der Waals surface area contributed by atoms with Gasteiger partial charge < -0.3 is 21.1 Å². The van der Waals surface area contributed by atoms with E-state index in [1.807, 2.05) is 29.6 Å². The van der Waals surface area contributed by atoms with Crippen LogP contribution in [0.4, 0.5) is 17.1 Å². The molecule has 1 aromatic carbocycles. The van der Waals surface area contributed by atoms with Crippen LogP contribution in [0.2, 0.25) is 0 Å². The fourth-order valence-corrected chi connectivity index (χ4v) is 4.79. The van der Waals surface area contributed by atoms with Crippen molar-refractivity contribution in [2.75, 3.05) is 46.8 Å². The van der Waals surface area contributed by atoms with Crippen molar-refractivity contribution in [3.8, 4) is 5.75 Å². The third kappa shape index (κ3) is 3.09. The lowest BCUT2D eigenvalue weighted by Gasteiger charge is -2.23. The lowest BCUT2D eigenvalue weighted by atomic mass is 10.2. The maximum absolute atomic E-state index is 11.3. The summed E-state index contributed by atoms with van der Waals surface area (Å²) in [4.78, 5) is 11.3. The second kappa shape index (κ2) is 6.05. The van der Waals surface area contributed by atoms with E-state index in [9.17, 15) is 4.79 Å². The lowest BCUT2D eigenvalue weighted by Crippen LogP contribution is -2.26. The van der Waals surface area contributed by atoms with Crippen LogP contribution < -0.4 is 21.1 Å². The zero-order valence-electron chi connectivity index (χ0n) is 11.0. The Bertz CT molecular complexity index is 519. The Kier molecular flexibility index (Phi) is 4.16. The van der Waals surface area contributed by atoms with E-state index in [1.54, 1.807) is 6.07 Å². The van der Waals surface area contributed by atoms with Gasteiger partial charge in [0.15, 0.2) is 6.61 Å². The summed E-state index contributed by atoms with van der Waals surface area (Å²) in [6.07, 6.45) is 0. The first-order valence-corrected chi connectivity index (χ1v) is 8.72. The number of ether oxygens (including phenoxy) is 1. The van der Waals surface area contributed by atoms with Gasteiger partial charge in [-0.05, 0) is 6.07 Å². The van der Waals surface area contributed by atoms with E-state index in [4.69, 9.17) is 10.5 Å². The Morgan fingerprint density at radius 3 is 3.15 bits per heavy atom. The number of thioether (sulfide) groups is 2. The second-order valence-electron chi connectivity index (χ2n) is 4.72. The zero-order valence-corrected chi connectivity index (χ0v) is 12.6. The van der Waals surface area contributed by atoms with Crippen LogP contribution in [-0.2, 0) is 4.79 Å². The van der Waals surface area contributed by atoms with Crippen molar-refractivity contribution in [1.82, 2.24) is 0 Å². The smallest absolute Gasteiger partial charge is 0.262 e. The first kappa shape index (κ1) is 13.8. The Morgan fingerprint density at radius 2 is 2.35 bits per heavy atom. The molecule has 2 aliphatic heterocycles. The van der Waals surface area contributed by atoms with Gasteiger partial charge in [-0.2, -0.15) is 23.5 Å². The molecule has 1 amide bonds. The van der Waals surface area contributed by atoms with Crippen LogP contribution in [-0.4, -0.2) is 41.6 Å². The highest BCUT2D eigenvalue weighted by Gasteiger charge is 2.19. The summed E-state index contributed by atoms with van der Waals surface area (Å²) in [7, 11) is 0. The number of amides is 1. The number of anilines is 3. The molecule has 108 valence electrons. The molecule has 4 N–H and O–H groups in total. The van der Waals surface area contributed by atoms with Crippen molar-refractivity contribution in [1.29, 1.82) is 0 Å². The average Bonchev–Trinajstić information content (AvgIpc) is 2.46. The van der Waals surface area contributed by atoms with Gasteiger partial charge in [-0.25, -0.2) is 0 Å². The van der Waals surface area contributed by atoms with Crippen LogP contribution in [0.5, 0.6) is 5.75 Å². The summed E-state index contributed by atoms with van der Waals surface area (Å²) in [6, 6.07) is 3.61. The van der Waals surface area contributed by atoms with Gasteiger partial charge in [-0.15, -0.1) is 0 Å². The predicted octanol–water partition coefficient (Wildman–Crippen LogP) is 1.86. The maximum Gasteiger partial charge on any atom is 0.262 e. The van der Waals surface area contributed by atoms with Crippen molar-refractivity contribution in [3.63, 3.8) is 0 Å². The van der Waals surface area contributed by atoms with E-state index in [0.717, 1.165) is 12.2 Å². The van der Waals surface area contributed by atoms with Gasteiger partial charge in [0.1, 0.15) is 5.75 Å². The first-order valence-electron chi connectivity index (χ1n) is 6.52. The molecule has 20 heavy (non-hydrogen) atoms. The molecule has 0 aliphatic carbocycles. The van der Waals surface area contributed by atoms with Crippen LogP contribution in [0, 0.1) is 0 Å². The molecule has 1 atom stereocenters. The molecule has 0 aromatic heterocycles. The number of carbonyl (C=O) groups is 1. The molecule has 1 unspecified atom stereocenters. The monoisotopic (exact) mass is 311 g/mol. The number of nitrogens with two attached hydrogens (primary N) is 1. The van der Waals surface area contributed by atoms with Gasteiger partial charge in [-0.3, -0.25) is 4.79 Å². The van der Waals surface area contributed by atoms with Gasteiger partial charge >= 0.3 is 0 Å². The largest absolute Gasteiger partial charge is 0.482 e. The van der Waals surface area contributed by atoms with Crippen LogP contribution in [0.1, 0.15) is 0 Å². The number of benzene rings is 1. The Labute approximate surface area is 126 Å². The molecule has 1 saturated heterocycles. The maximum atomic E-state index is 11.3. The standard InChI is InChI=1S/C13H17N3O2S2/c14-9-3-12-11(16-13(17)6-18-12)4-10(9)15-5-8-7-19-1-2-20-8/h3-4,8,15H,1-2,5-7,14H2,(H,16,17). The average molecular weight is 311 g/mol. The molecule has 0 bridgehead atoms. The number of carbonyl (C=O) groups excluding carboxylic acids is 1. The second-order valence-corrected chi connectivity index (χ2v) is 7.28. The predicted molar refractivity (Wildman–Crippen MR) is 87.0 cm³/mol. The number of nitrogens with one attached hydrogen (secondary N) is 2. The zero-order chi connectivity index (χ0) is 13.9. The van der Waals surface area contributed by atoms with E-state index in [1.165, 1.54) is 17.3 Å². The fraction of sp³-hybridized carbons (Fsp3) is 0.462. The van der Waals surface area contributed by atoms with Crippen molar-refractivity contribution in [2.24, 2.45) is 0 Å². The third-order valence-corrected chi connectivity index (χ3v) is 6.03. The van der Waals surface area contributed by atoms with Crippen molar-refractivity contribution >= 4 is 46.5 Å². The van der Waals surface area contributed by atoms with E-state index < -0.39 is 0 Å². The molecule has 2 aliphatic rings. The summed E-state index contributed by atoms with van der Waals surface area (Å²) in [5.41, 5.74) is 8.21. The molecular formula is C13H17N3O2S2. The highest BCUT2D eigenvalue weighted by Crippen LogP contribution is 2.35. The Hall–Kier alpha value is -1.21. The summed E-state index contributed by atoms with van der Waals surface area (Å²) in [6.45, 7) is 0.935. The summed E-state index contributed by atoms with van der Waals surface area (Å²) in [5, 5.41) is 6.78. The van der Waals surface area contributed by atoms with Gasteiger partial charge in [0.05, 0.1) is 17.1 Å². The summed E-state index contributed by atoms with van der Waals surface area (Å²) >= 11 is 4.00. The molecule has 1 fully saturated rings. The number of nitrogen functional groups attached to an aromatic ring is 1. The third-order valence-electron chi connectivity index (χ3n) is 3.19. The molecule has 7 heteroatoms. The molecule has 0 spiro atoms. The van der Waals surface area contributed by atoms with Gasteiger partial charge in [0.2, 0.25) is 0 Å². The van der Waals surface area contributed by atoms with Gasteiger partial charge in [0, 0.05) is 35.1 Å². The minimum atomic E-state index is -0.132. The van der Waals surface area contributed by atoms with Crippen molar-refractivity contribution in [3.05, 3.63) is 12.1 Å². The summed E-state index contributed by atoms with van der Waals surface area (Å²) in [5.74, 6) is 4.12. The van der Waals surface area contributed by atoms with Crippen LogP contribution >= 0.6 is 23.5 Å². The molecular weight excluding hydrogens is 294 g/mol. The number of fused-ring (bicyclic) bond motifs is 1. The van der Waals surface area contributed by atoms with Crippen LogP contribution in [0.15, 0.2) is 12.1 Å². The molecule has 2 heterocycles. The van der Waals surface area contributed by atoms with E-state index >= 15 is 0 Å². The normalized spacial score (nSPS) is 21.6. The molecule has 3 rings (SSSR count). The highest BCUT2D eigenvalue weighted by molar-refractivity contribution is 8.06. The topological polar surface area (TPSA) is 76.4 Å². The van der Waals surface area contributed by atoms with Gasteiger partial charge in [-0.1, -0.05) is 0 Å². The van der Waals surface area contributed by atoms with Gasteiger partial charge in [0.25, 0.3) is 5.91 Å². The van der Waals surface area contributed by atoms with Crippen molar-refractivity contribution < 1.29 is 9.53 Å². The number of hydrogen-bond acceptors (Lipinski definition) is 6. The molecule has 0 radical (unpaired) electrons. The van der Waals surface area contributed by atoms with E-state index in [0.29, 0.717) is 22.4 Å². The van der Waals surface area contributed by atoms with E-state index in [-0.39, 0.29) is 12.5 Å². The highest BCUT2D eigenvalue weighted by atomic mass is 32.2. The molecule has 1 aromatic rings. The Balaban J connectivity index is 1.69. The van der Waals surface area contributed by atoms with Crippen molar-refractivity contribution in [2.45, 2.75) is 5.25 Å². The fourth-order valence-electron chi connectivity index (χ4n) is 2.17. The number of rotatable bonds is 3.